The Morgan fingerprint density at radius 3 is 2.63 bits per heavy atom. The van der Waals surface area contributed by atoms with Gasteiger partial charge in [-0.15, -0.1) is 0 Å². The van der Waals surface area contributed by atoms with Gasteiger partial charge < -0.3 is 10.4 Å². The van der Waals surface area contributed by atoms with Crippen molar-refractivity contribution in [2.24, 2.45) is 0 Å². The summed E-state index contributed by atoms with van der Waals surface area (Å²) in [5, 5.41) is 12.3. The van der Waals surface area contributed by atoms with E-state index >= 15 is 0 Å². The number of phenols is 1. The highest BCUT2D eigenvalue weighted by Crippen LogP contribution is 2.32. The fourth-order valence-electron chi connectivity index (χ4n) is 2.51. The summed E-state index contributed by atoms with van der Waals surface area (Å²) in [7, 11) is 0. The van der Waals surface area contributed by atoms with Gasteiger partial charge in [-0.1, -0.05) is 65.9 Å². The minimum Gasteiger partial charge on any atom is -0.506 e. The van der Waals surface area contributed by atoms with Crippen molar-refractivity contribution >= 4 is 51.9 Å². The highest BCUT2D eigenvalue weighted by molar-refractivity contribution is 8.26. The molecule has 1 heterocycles. The summed E-state index contributed by atoms with van der Waals surface area (Å²) in [6, 6.07) is 14.3. The summed E-state index contributed by atoms with van der Waals surface area (Å²) >= 11 is 6.53. The number of aromatic hydroxyl groups is 1. The van der Waals surface area contributed by atoms with Gasteiger partial charge in [0, 0.05) is 13.0 Å². The van der Waals surface area contributed by atoms with E-state index in [9.17, 15) is 14.7 Å². The van der Waals surface area contributed by atoms with Crippen LogP contribution in [0.5, 0.6) is 5.75 Å². The number of hydrogen-bond acceptors (Lipinski definition) is 5. The molecule has 0 radical (unpaired) electrons. The molecule has 2 aromatic rings. The van der Waals surface area contributed by atoms with Crippen molar-refractivity contribution in [3.05, 3.63) is 64.6 Å². The summed E-state index contributed by atoms with van der Waals surface area (Å²) < 4.78 is 0.439. The van der Waals surface area contributed by atoms with Crippen LogP contribution in [0.3, 0.4) is 0 Å². The fourth-order valence-corrected chi connectivity index (χ4v) is 3.82. The summed E-state index contributed by atoms with van der Waals surface area (Å²) in [6.07, 6.45) is 1.89. The molecule has 0 saturated carbocycles. The lowest BCUT2D eigenvalue weighted by molar-refractivity contribution is -0.122. The first-order chi connectivity index (χ1) is 12.9. The number of anilines is 1. The van der Waals surface area contributed by atoms with Crippen LogP contribution in [0, 0.1) is 6.92 Å². The Balaban J connectivity index is 1.61. The minimum absolute atomic E-state index is 0.00232. The largest absolute Gasteiger partial charge is 0.506 e. The summed E-state index contributed by atoms with van der Waals surface area (Å²) in [6.45, 7) is 2.19. The molecule has 5 nitrogen and oxygen atoms in total. The fraction of sp³-hybridized carbons (Fsp3) is 0.150. The molecule has 2 aromatic carbocycles. The Labute approximate surface area is 167 Å². The first-order valence-corrected chi connectivity index (χ1v) is 9.56. The molecule has 138 valence electrons. The quantitative estimate of drug-likeness (QED) is 0.454. The maximum atomic E-state index is 12.6. The average molecular weight is 399 g/mol. The van der Waals surface area contributed by atoms with Crippen LogP contribution >= 0.6 is 24.0 Å². The third-order valence-electron chi connectivity index (χ3n) is 3.99. The Bertz CT molecular complexity index is 923. The Morgan fingerprint density at radius 1 is 1.22 bits per heavy atom. The molecular formula is C20H18N2O3S2. The average Bonchev–Trinajstić information content (AvgIpc) is 2.90. The van der Waals surface area contributed by atoms with Crippen molar-refractivity contribution in [1.82, 2.24) is 4.90 Å². The van der Waals surface area contributed by atoms with Crippen LogP contribution in [-0.2, 0) is 9.59 Å². The van der Waals surface area contributed by atoms with E-state index in [1.807, 2.05) is 31.2 Å². The van der Waals surface area contributed by atoms with E-state index < -0.39 is 0 Å². The topological polar surface area (TPSA) is 69.6 Å². The molecule has 1 saturated heterocycles. The molecule has 2 amide bonds. The van der Waals surface area contributed by atoms with Gasteiger partial charge in [0.25, 0.3) is 5.91 Å². The predicted molar refractivity (Wildman–Crippen MR) is 112 cm³/mol. The first-order valence-electron chi connectivity index (χ1n) is 8.34. The summed E-state index contributed by atoms with van der Waals surface area (Å²) in [4.78, 5) is 26.7. The number of phenolic OH excluding ortho intramolecular Hbond substituents is 1. The lowest BCUT2D eigenvalue weighted by atomic mass is 10.1. The van der Waals surface area contributed by atoms with E-state index in [4.69, 9.17) is 12.2 Å². The van der Waals surface area contributed by atoms with Gasteiger partial charge in [0.2, 0.25) is 5.91 Å². The molecule has 27 heavy (non-hydrogen) atoms. The van der Waals surface area contributed by atoms with Crippen LogP contribution < -0.4 is 5.32 Å². The lowest BCUT2D eigenvalue weighted by Crippen LogP contribution is -2.31. The number of para-hydroxylation sites is 2. The zero-order chi connectivity index (χ0) is 19.4. The number of nitrogens with zero attached hydrogens (tertiary/aromatic N) is 1. The van der Waals surface area contributed by atoms with Gasteiger partial charge in [0.15, 0.2) is 0 Å². The van der Waals surface area contributed by atoms with Gasteiger partial charge in [-0.25, -0.2) is 0 Å². The number of carbonyl (C=O) groups is 2. The molecule has 0 aromatic heterocycles. The maximum Gasteiger partial charge on any atom is 0.266 e. The number of thioether (sulfide) groups is 1. The molecule has 7 heteroatoms. The highest BCUT2D eigenvalue weighted by Gasteiger charge is 2.32. The van der Waals surface area contributed by atoms with Crippen molar-refractivity contribution in [2.45, 2.75) is 13.3 Å². The van der Waals surface area contributed by atoms with Gasteiger partial charge in [-0.3, -0.25) is 14.5 Å². The first kappa shape index (κ1) is 19.1. The lowest BCUT2D eigenvalue weighted by Gasteiger charge is -2.14. The van der Waals surface area contributed by atoms with Crippen LogP contribution in [-0.4, -0.2) is 32.7 Å². The van der Waals surface area contributed by atoms with Crippen LogP contribution in [0.25, 0.3) is 6.08 Å². The SMILES string of the molecule is Cc1ccc(/C=C2\SC(=S)N(CCC(=O)Nc3ccccc3O)C2=O)cc1. The van der Waals surface area contributed by atoms with Gasteiger partial charge >= 0.3 is 0 Å². The number of aryl methyl sites for hydroxylation is 1. The number of rotatable bonds is 5. The van der Waals surface area contributed by atoms with Gasteiger partial charge in [-0.2, -0.15) is 0 Å². The van der Waals surface area contributed by atoms with E-state index in [-0.39, 0.29) is 30.5 Å². The predicted octanol–water partition coefficient (Wildman–Crippen LogP) is 3.93. The molecule has 0 atom stereocenters. The molecule has 1 aliphatic rings. The van der Waals surface area contributed by atoms with Gasteiger partial charge in [0.1, 0.15) is 10.1 Å². The number of hydrogen-bond donors (Lipinski definition) is 2. The minimum atomic E-state index is -0.298. The van der Waals surface area contributed by atoms with E-state index in [2.05, 4.69) is 5.32 Å². The van der Waals surface area contributed by atoms with E-state index in [0.29, 0.717) is 14.9 Å². The molecule has 0 unspecified atom stereocenters. The molecule has 0 bridgehead atoms. The Morgan fingerprint density at radius 2 is 1.93 bits per heavy atom. The number of nitrogens with one attached hydrogen (secondary N) is 1. The second-order valence-electron chi connectivity index (χ2n) is 6.06. The molecular weight excluding hydrogens is 380 g/mol. The molecule has 0 aliphatic carbocycles. The van der Waals surface area contributed by atoms with Crippen molar-refractivity contribution in [3.63, 3.8) is 0 Å². The van der Waals surface area contributed by atoms with Crippen molar-refractivity contribution in [3.8, 4) is 5.75 Å². The summed E-state index contributed by atoms with van der Waals surface area (Å²) in [5.41, 5.74) is 2.42. The number of benzene rings is 2. The van der Waals surface area contributed by atoms with E-state index in [1.165, 1.54) is 22.7 Å². The van der Waals surface area contributed by atoms with Gasteiger partial charge in [0.05, 0.1) is 10.6 Å². The molecule has 1 fully saturated rings. The third-order valence-corrected chi connectivity index (χ3v) is 5.37. The number of amides is 2. The van der Waals surface area contributed by atoms with Gasteiger partial charge in [-0.05, 0) is 30.7 Å². The van der Waals surface area contributed by atoms with Crippen LogP contribution in [0.4, 0.5) is 5.69 Å². The molecule has 3 rings (SSSR count). The Hall–Kier alpha value is -2.64. The smallest absolute Gasteiger partial charge is 0.266 e. The summed E-state index contributed by atoms with van der Waals surface area (Å²) in [5.74, 6) is -0.494. The van der Waals surface area contributed by atoms with Crippen LogP contribution in [0.1, 0.15) is 17.5 Å². The maximum absolute atomic E-state index is 12.6. The number of carbonyl (C=O) groups excluding carboxylic acids is 2. The second kappa shape index (κ2) is 8.37. The standard InChI is InChI=1S/C20H18N2O3S2/c1-13-6-8-14(9-7-13)12-17-19(25)22(20(26)27-17)11-10-18(24)21-15-4-2-3-5-16(15)23/h2-9,12,23H,10-11H2,1H3,(H,21,24)/b17-12-. The molecule has 1 aliphatic heterocycles. The van der Waals surface area contributed by atoms with E-state index in [0.717, 1.165) is 11.1 Å². The van der Waals surface area contributed by atoms with E-state index in [1.54, 1.807) is 24.3 Å². The van der Waals surface area contributed by atoms with Crippen molar-refractivity contribution in [1.29, 1.82) is 0 Å². The zero-order valence-corrected chi connectivity index (χ0v) is 16.3. The second-order valence-corrected chi connectivity index (χ2v) is 7.74. The highest BCUT2D eigenvalue weighted by atomic mass is 32.2. The van der Waals surface area contributed by atoms with Crippen molar-refractivity contribution in [2.75, 3.05) is 11.9 Å². The van der Waals surface area contributed by atoms with Crippen LogP contribution in [0.15, 0.2) is 53.4 Å². The molecule has 0 spiro atoms. The van der Waals surface area contributed by atoms with Crippen molar-refractivity contribution < 1.29 is 14.7 Å². The monoisotopic (exact) mass is 398 g/mol. The zero-order valence-electron chi connectivity index (χ0n) is 14.6. The Kier molecular flexibility index (Phi) is 5.93. The third kappa shape index (κ3) is 4.75. The normalized spacial score (nSPS) is 15.4. The van der Waals surface area contributed by atoms with Crippen LogP contribution in [0.2, 0.25) is 0 Å². The molecule has 2 N–H and O–H groups in total. The number of thiocarbonyl (C=S) groups is 1.